The third-order valence-electron chi connectivity index (χ3n) is 9.07. The third-order valence-corrected chi connectivity index (χ3v) is 9.07. The molecule has 0 unspecified atom stereocenters. The second-order valence-corrected chi connectivity index (χ2v) is 12.6. The number of para-hydroxylation sites is 1. The van der Waals surface area contributed by atoms with Gasteiger partial charge in [-0.15, -0.1) is 12.4 Å². The van der Waals surface area contributed by atoms with E-state index >= 15 is 0 Å². The van der Waals surface area contributed by atoms with Crippen LogP contribution >= 0.6 is 12.4 Å². The van der Waals surface area contributed by atoms with Gasteiger partial charge in [0.25, 0.3) is 5.91 Å². The summed E-state index contributed by atoms with van der Waals surface area (Å²) in [6.45, 7) is 3.52. The number of carbonyl (C=O) groups is 3. The lowest BCUT2D eigenvalue weighted by atomic mass is 10.0. The fourth-order valence-corrected chi connectivity index (χ4v) is 6.27. The van der Waals surface area contributed by atoms with Crippen LogP contribution in [0.5, 0.6) is 11.5 Å². The summed E-state index contributed by atoms with van der Waals surface area (Å²) in [5.41, 5.74) is 10.4. The van der Waals surface area contributed by atoms with E-state index in [1.807, 2.05) is 60.8 Å². The topological polar surface area (TPSA) is 165 Å². The van der Waals surface area contributed by atoms with Gasteiger partial charge >= 0.3 is 0 Å². The van der Waals surface area contributed by atoms with Crippen LogP contribution in [0, 0.1) is 6.92 Å². The number of amides is 3. The zero-order valence-electron chi connectivity index (χ0n) is 29.4. The highest BCUT2D eigenvalue weighted by atomic mass is 35.5. The molecule has 2 aromatic heterocycles. The van der Waals surface area contributed by atoms with Crippen molar-refractivity contribution in [1.82, 2.24) is 25.5 Å². The first-order chi connectivity index (χ1) is 24.8. The van der Waals surface area contributed by atoms with Crippen molar-refractivity contribution < 1.29 is 28.3 Å². The molecule has 0 fully saturated rings. The van der Waals surface area contributed by atoms with Gasteiger partial charge < -0.3 is 40.1 Å². The van der Waals surface area contributed by atoms with Crippen molar-refractivity contribution in [3.05, 3.63) is 101 Å². The van der Waals surface area contributed by atoms with Crippen LogP contribution in [-0.2, 0) is 29.0 Å². The first-order valence-corrected chi connectivity index (χ1v) is 17.3. The molecule has 3 aromatic carbocycles. The van der Waals surface area contributed by atoms with Crippen LogP contribution in [-0.4, -0.2) is 72.0 Å². The first kappa shape index (κ1) is 37.9. The molecule has 0 aliphatic carbocycles. The Bertz CT molecular complexity index is 1990. The molecule has 7 rings (SSSR count). The van der Waals surface area contributed by atoms with Crippen LogP contribution in [0.1, 0.15) is 52.2 Å². The molecular weight excluding hydrogens is 684 g/mol. The van der Waals surface area contributed by atoms with Gasteiger partial charge in [-0.3, -0.25) is 14.4 Å². The molecule has 2 aliphatic heterocycles. The number of halogens is 1. The Hall–Kier alpha value is -5.33. The number of hydrogen-bond acceptors (Lipinski definition) is 8. The van der Waals surface area contributed by atoms with Gasteiger partial charge in [0.15, 0.2) is 11.5 Å². The number of aromatic amines is 1. The molecule has 2 aliphatic rings. The molecule has 0 saturated carbocycles. The Balaban J connectivity index is 0.00000523. The highest BCUT2D eigenvalue weighted by Gasteiger charge is 2.24. The largest absolute Gasteiger partial charge is 0.493 e. The number of hydrogen-bond donors (Lipinski definition) is 4. The molecule has 5 aromatic rings. The maximum absolute atomic E-state index is 13.7. The smallest absolute Gasteiger partial charge is 0.253 e. The second kappa shape index (κ2) is 17.7. The zero-order chi connectivity index (χ0) is 35.7. The number of nitrogens with zero attached hydrogens (tertiary/aromatic N) is 2. The van der Waals surface area contributed by atoms with Gasteiger partial charge in [-0.1, -0.05) is 30.3 Å². The van der Waals surface area contributed by atoms with Crippen LogP contribution in [0.15, 0.2) is 77.3 Å². The molecule has 274 valence electrons. The van der Waals surface area contributed by atoms with E-state index in [2.05, 4.69) is 20.6 Å². The average molecular weight is 729 g/mol. The molecule has 0 radical (unpaired) electrons. The Labute approximate surface area is 308 Å². The monoisotopic (exact) mass is 728 g/mol. The standard InChI is InChI=1S/C39H44N6O6.ClH/c1-25-33-24-42-37(47)32(21-29-23-41-31-8-4-3-7-30(29)31)43-36(46)9-5-18-45(39(48)27-12-10-26(11-13-27)16-17-40)19-6-20-50-34-15-14-28(22-35(34)49-2)38(44-33)51-25;/h3-4,7-8,10-15,22-23,32,41H,5-6,9,16-21,24,40H2,1-2H3,(H,42,47)(H,43,46);1H/t32-;/m0./s1. The molecular formula is C39H45ClN6O6. The lowest BCUT2D eigenvalue weighted by Crippen LogP contribution is -2.48. The van der Waals surface area contributed by atoms with Crippen LogP contribution in [0.25, 0.3) is 22.4 Å². The number of aromatic nitrogens is 2. The summed E-state index contributed by atoms with van der Waals surface area (Å²) in [5.74, 6) is 1.24. The fraction of sp³-hybridized carbons (Fsp3) is 0.333. The molecule has 3 amide bonds. The molecule has 52 heavy (non-hydrogen) atoms. The molecule has 0 spiro atoms. The number of oxazole rings is 1. The summed E-state index contributed by atoms with van der Waals surface area (Å²) in [4.78, 5) is 50.5. The Morgan fingerprint density at radius 1 is 1.06 bits per heavy atom. The van der Waals surface area contributed by atoms with Crippen molar-refractivity contribution in [2.45, 2.75) is 51.6 Å². The SMILES string of the molecule is COc1cc2ccc1OCCCN(C(=O)c1ccc(CCN)cc1)CCCC(=O)N[C@@H](Cc1c[nH]c3ccccc13)C(=O)NCc1nc-2oc1C.Cl. The van der Waals surface area contributed by atoms with Crippen molar-refractivity contribution in [3.63, 3.8) is 0 Å². The van der Waals surface area contributed by atoms with Gasteiger partial charge in [0.1, 0.15) is 17.5 Å². The van der Waals surface area contributed by atoms with E-state index in [0.29, 0.717) is 79.1 Å². The summed E-state index contributed by atoms with van der Waals surface area (Å²) < 4.78 is 17.7. The average Bonchev–Trinajstić information content (AvgIpc) is 3.73. The molecule has 4 bridgehead atoms. The number of nitrogens with two attached hydrogens (primary N) is 1. The number of benzene rings is 3. The molecule has 5 N–H and O–H groups in total. The highest BCUT2D eigenvalue weighted by molar-refractivity contribution is 5.94. The second-order valence-electron chi connectivity index (χ2n) is 12.6. The molecule has 0 saturated heterocycles. The lowest BCUT2D eigenvalue weighted by molar-refractivity contribution is -0.129. The summed E-state index contributed by atoms with van der Waals surface area (Å²) in [7, 11) is 1.57. The minimum atomic E-state index is -0.851. The third kappa shape index (κ3) is 9.12. The van der Waals surface area contributed by atoms with Crippen LogP contribution in [0.3, 0.4) is 0 Å². The van der Waals surface area contributed by atoms with Gasteiger partial charge in [-0.05, 0) is 80.3 Å². The Morgan fingerprint density at radius 2 is 1.85 bits per heavy atom. The van der Waals surface area contributed by atoms with Crippen molar-refractivity contribution in [2.24, 2.45) is 5.73 Å². The van der Waals surface area contributed by atoms with Crippen molar-refractivity contribution >= 4 is 41.0 Å². The zero-order valence-corrected chi connectivity index (χ0v) is 30.2. The quantitative estimate of drug-likeness (QED) is 0.187. The number of fused-ring (bicyclic) bond motifs is 16. The van der Waals surface area contributed by atoms with Crippen molar-refractivity contribution in [1.29, 1.82) is 0 Å². The fourth-order valence-electron chi connectivity index (χ4n) is 6.27. The minimum absolute atomic E-state index is 0. The maximum Gasteiger partial charge on any atom is 0.253 e. The number of aryl methyl sites for hydroxylation is 1. The van der Waals surface area contributed by atoms with E-state index in [1.165, 1.54) is 0 Å². The number of nitrogens with one attached hydrogen (secondary N) is 3. The summed E-state index contributed by atoms with van der Waals surface area (Å²) >= 11 is 0. The normalized spacial score (nSPS) is 15.9. The number of carbonyl (C=O) groups excluding carboxylic acids is 3. The van der Waals surface area contributed by atoms with E-state index in [9.17, 15) is 14.4 Å². The summed E-state index contributed by atoms with van der Waals surface area (Å²) in [6.07, 6.45) is 3.95. The van der Waals surface area contributed by atoms with Gasteiger partial charge in [-0.25, -0.2) is 4.98 Å². The van der Waals surface area contributed by atoms with Gasteiger partial charge in [0, 0.05) is 54.2 Å². The van der Waals surface area contributed by atoms with E-state index in [-0.39, 0.29) is 49.5 Å². The van der Waals surface area contributed by atoms with Crippen LogP contribution < -0.4 is 25.8 Å². The van der Waals surface area contributed by atoms with E-state index in [4.69, 9.17) is 19.6 Å². The van der Waals surface area contributed by atoms with E-state index < -0.39 is 6.04 Å². The number of methoxy groups -OCH3 is 1. The van der Waals surface area contributed by atoms with Gasteiger partial charge in [0.2, 0.25) is 17.7 Å². The first-order valence-electron chi connectivity index (χ1n) is 17.3. The predicted molar refractivity (Wildman–Crippen MR) is 201 cm³/mol. The molecule has 1 atom stereocenters. The van der Waals surface area contributed by atoms with Gasteiger partial charge in [0.05, 0.1) is 20.3 Å². The molecule has 4 heterocycles. The van der Waals surface area contributed by atoms with E-state index in [1.54, 1.807) is 31.1 Å². The summed E-state index contributed by atoms with van der Waals surface area (Å²) in [6, 6.07) is 19.9. The highest BCUT2D eigenvalue weighted by Crippen LogP contribution is 2.33. The van der Waals surface area contributed by atoms with Crippen LogP contribution in [0.4, 0.5) is 0 Å². The maximum atomic E-state index is 13.7. The van der Waals surface area contributed by atoms with Crippen LogP contribution in [0.2, 0.25) is 0 Å². The van der Waals surface area contributed by atoms with Gasteiger partial charge in [-0.2, -0.15) is 0 Å². The number of rotatable bonds is 6. The summed E-state index contributed by atoms with van der Waals surface area (Å²) in [5, 5.41) is 6.90. The Morgan fingerprint density at radius 3 is 2.63 bits per heavy atom. The van der Waals surface area contributed by atoms with Crippen molar-refractivity contribution in [3.8, 4) is 23.0 Å². The minimum Gasteiger partial charge on any atom is -0.493 e. The Kier molecular flexibility index (Phi) is 12.9. The van der Waals surface area contributed by atoms with Crippen molar-refractivity contribution in [2.75, 3.05) is 33.4 Å². The lowest BCUT2D eigenvalue weighted by Gasteiger charge is -2.24. The number of ether oxygens (including phenoxy) is 2. The molecule has 13 heteroatoms. The van der Waals surface area contributed by atoms with E-state index in [0.717, 1.165) is 28.5 Å². The molecule has 12 nitrogen and oxygen atoms in total. The predicted octanol–water partition coefficient (Wildman–Crippen LogP) is 5.11. The number of H-pyrrole nitrogens is 1.